The van der Waals surface area contributed by atoms with Crippen LogP contribution in [0.3, 0.4) is 0 Å². The number of aryl methyl sites for hydroxylation is 3. The fraction of sp³-hybridized carbons (Fsp3) is 0.190. The molecule has 0 N–H and O–H groups in total. The fourth-order valence-corrected chi connectivity index (χ4v) is 4.10. The van der Waals surface area contributed by atoms with Crippen molar-refractivity contribution in [3.05, 3.63) is 77.0 Å². The molecular formula is C21H19N3O2S. The summed E-state index contributed by atoms with van der Waals surface area (Å²) in [6.45, 7) is 6.03. The van der Waals surface area contributed by atoms with Gasteiger partial charge in [-0.2, -0.15) is 0 Å². The van der Waals surface area contributed by atoms with Crippen LogP contribution in [0.1, 0.15) is 33.1 Å². The van der Waals surface area contributed by atoms with E-state index in [1.165, 1.54) is 11.3 Å². The summed E-state index contributed by atoms with van der Waals surface area (Å²) in [5.41, 5.74) is 3.38. The van der Waals surface area contributed by atoms with Crippen molar-refractivity contribution in [1.82, 2.24) is 9.97 Å². The number of furan rings is 1. The van der Waals surface area contributed by atoms with Crippen LogP contribution in [0.4, 0.5) is 5.13 Å². The lowest BCUT2D eigenvalue weighted by Crippen LogP contribution is -2.30. The first-order valence-electron chi connectivity index (χ1n) is 8.68. The molecule has 1 aromatic carbocycles. The Labute approximate surface area is 161 Å². The van der Waals surface area contributed by atoms with E-state index >= 15 is 0 Å². The van der Waals surface area contributed by atoms with Gasteiger partial charge in [0.05, 0.1) is 28.0 Å². The first-order chi connectivity index (χ1) is 13.0. The van der Waals surface area contributed by atoms with Gasteiger partial charge in [0.25, 0.3) is 5.91 Å². The summed E-state index contributed by atoms with van der Waals surface area (Å²) in [4.78, 5) is 24.2. The third-order valence-corrected chi connectivity index (χ3v) is 5.45. The molecule has 5 nitrogen and oxygen atoms in total. The molecule has 0 fully saturated rings. The van der Waals surface area contributed by atoms with Crippen LogP contribution in [-0.2, 0) is 6.54 Å². The van der Waals surface area contributed by atoms with Crippen molar-refractivity contribution in [3.8, 4) is 0 Å². The number of nitrogens with zero attached hydrogens (tertiary/aromatic N) is 3. The second-order valence-corrected chi connectivity index (χ2v) is 7.47. The maximum Gasteiger partial charge on any atom is 0.263 e. The molecule has 0 aliphatic heterocycles. The monoisotopic (exact) mass is 377 g/mol. The zero-order valence-electron chi connectivity index (χ0n) is 15.4. The van der Waals surface area contributed by atoms with Crippen molar-refractivity contribution >= 4 is 32.6 Å². The number of carbonyl (C=O) groups is 1. The molecule has 4 aromatic rings. The van der Waals surface area contributed by atoms with E-state index in [0.717, 1.165) is 21.5 Å². The van der Waals surface area contributed by atoms with Crippen LogP contribution in [0.2, 0.25) is 0 Å². The third kappa shape index (κ3) is 3.36. The average molecular weight is 377 g/mol. The maximum atomic E-state index is 13.4. The van der Waals surface area contributed by atoms with E-state index in [-0.39, 0.29) is 5.91 Å². The summed E-state index contributed by atoms with van der Waals surface area (Å²) < 4.78 is 6.63. The molecule has 0 spiro atoms. The highest BCUT2D eigenvalue weighted by molar-refractivity contribution is 7.22. The van der Waals surface area contributed by atoms with Crippen molar-refractivity contribution in [2.75, 3.05) is 4.90 Å². The Morgan fingerprint density at radius 3 is 2.67 bits per heavy atom. The first-order valence-corrected chi connectivity index (χ1v) is 9.49. The minimum Gasteiger partial charge on any atom is -0.466 e. The molecule has 3 heterocycles. The van der Waals surface area contributed by atoms with E-state index in [2.05, 4.69) is 4.98 Å². The van der Waals surface area contributed by atoms with E-state index in [1.54, 1.807) is 17.2 Å². The second-order valence-electron chi connectivity index (χ2n) is 6.46. The standard InChI is InChI=1S/C21H19N3O2S/c1-13-7-6-9-18-19(13)23-21(27-18)24(12-16-8-4-5-10-22-16)20(25)17-11-14(2)26-15(17)3/h4-11H,12H2,1-3H3. The van der Waals surface area contributed by atoms with Gasteiger partial charge in [0.2, 0.25) is 0 Å². The minimum absolute atomic E-state index is 0.133. The second kappa shape index (κ2) is 6.96. The largest absolute Gasteiger partial charge is 0.466 e. The Morgan fingerprint density at radius 2 is 2.00 bits per heavy atom. The van der Waals surface area contributed by atoms with Gasteiger partial charge in [0.1, 0.15) is 11.5 Å². The quantitative estimate of drug-likeness (QED) is 0.499. The number of hydrogen-bond acceptors (Lipinski definition) is 5. The predicted octanol–water partition coefficient (Wildman–Crippen LogP) is 5.06. The number of hydrogen-bond donors (Lipinski definition) is 0. The number of fused-ring (bicyclic) bond motifs is 1. The molecule has 0 unspecified atom stereocenters. The average Bonchev–Trinajstić information content (AvgIpc) is 3.23. The Bertz CT molecular complexity index is 1120. The van der Waals surface area contributed by atoms with Crippen molar-refractivity contribution in [1.29, 1.82) is 0 Å². The molecule has 4 rings (SSSR count). The van der Waals surface area contributed by atoms with Crippen LogP contribution in [0.15, 0.2) is 53.1 Å². The lowest BCUT2D eigenvalue weighted by molar-refractivity contribution is 0.0983. The lowest BCUT2D eigenvalue weighted by atomic mass is 10.2. The number of rotatable bonds is 4. The molecule has 27 heavy (non-hydrogen) atoms. The highest BCUT2D eigenvalue weighted by Crippen LogP contribution is 2.32. The van der Waals surface area contributed by atoms with Gasteiger partial charge in [-0.25, -0.2) is 4.98 Å². The Kier molecular flexibility index (Phi) is 4.49. The van der Waals surface area contributed by atoms with Crippen molar-refractivity contribution in [3.63, 3.8) is 0 Å². The number of benzene rings is 1. The van der Waals surface area contributed by atoms with Gasteiger partial charge in [0, 0.05) is 6.20 Å². The van der Waals surface area contributed by atoms with Crippen LogP contribution in [0, 0.1) is 20.8 Å². The number of para-hydroxylation sites is 1. The molecule has 0 saturated heterocycles. The number of pyridine rings is 1. The molecule has 0 aliphatic rings. The topological polar surface area (TPSA) is 59.2 Å². The van der Waals surface area contributed by atoms with E-state index < -0.39 is 0 Å². The van der Waals surface area contributed by atoms with Crippen molar-refractivity contribution in [2.45, 2.75) is 27.3 Å². The SMILES string of the molecule is Cc1cc(C(=O)N(Cc2ccccn2)c2nc3c(C)cccc3s2)c(C)o1. The van der Waals surface area contributed by atoms with Gasteiger partial charge >= 0.3 is 0 Å². The van der Waals surface area contributed by atoms with E-state index in [0.29, 0.717) is 28.8 Å². The maximum absolute atomic E-state index is 13.4. The van der Waals surface area contributed by atoms with Gasteiger partial charge in [-0.15, -0.1) is 0 Å². The summed E-state index contributed by atoms with van der Waals surface area (Å²) in [7, 11) is 0. The smallest absolute Gasteiger partial charge is 0.263 e. The molecule has 0 atom stereocenters. The third-order valence-electron chi connectivity index (χ3n) is 4.40. The van der Waals surface area contributed by atoms with Crippen LogP contribution in [0.25, 0.3) is 10.2 Å². The van der Waals surface area contributed by atoms with Crippen LogP contribution < -0.4 is 4.90 Å². The number of thiazole rings is 1. The van der Waals surface area contributed by atoms with Crippen molar-refractivity contribution < 1.29 is 9.21 Å². The molecular weight excluding hydrogens is 358 g/mol. The molecule has 0 aliphatic carbocycles. The van der Waals surface area contributed by atoms with Crippen LogP contribution in [-0.4, -0.2) is 15.9 Å². The van der Waals surface area contributed by atoms with Gasteiger partial charge in [-0.05, 0) is 50.6 Å². The Morgan fingerprint density at radius 1 is 1.15 bits per heavy atom. The van der Waals surface area contributed by atoms with E-state index in [1.807, 2.05) is 57.2 Å². The normalized spacial score (nSPS) is 11.1. The van der Waals surface area contributed by atoms with Gasteiger partial charge in [0.15, 0.2) is 5.13 Å². The lowest BCUT2D eigenvalue weighted by Gasteiger charge is -2.19. The summed E-state index contributed by atoms with van der Waals surface area (Å²) >= 11 is 1.51. The van der Waals surface area contributed by atoms with Gasteiger partial charge in [-0.3, -0.25) is 14.7 Å². The number of carbonyl (C=O) groups excluding carboxylic acids is 1. The van der Waals surface area contributed by atoms with Gasteiger partial charge in [-0.1, -0.05) is 29.5 Å². The highest BCUT2D eigenvalue weighted by atomic mass is 32.1. The van der Waals surface area contributed by atoms with E-state index in [9.17, 15) is 4.79 Å². The molecule has 3 aromatic heterocycles. The Hall–Kier alpha value is -2.99. The summed E-state index contributed by atoms with van der Waals surface area (Å²) in [5, 5.41) is 0.660. The minimum atomic E-state index is -0.133. The molecule has 0 saturated carbocycles. The van der Waals surface area contributed by atoms with E-state index in [4.69, 9.17) is 9.40 Å². The summed E-state index contributed by atoms with van der Waals surface area (Å²) in [6.07, 6.45) is 1.73. The fourth-order valence-electron chi connectivity index (χ4n) is 3.06. The number of anilines is 1. The summed E-state index contributed by atoms with van der Waals surface area (Å²) in [6, 6.07) is 13.5. The van der Waals surface area contributed by atoms with Gasteiger partial charge < -0.3 is 4.42 Å². The van der Waals surface area contributed by atoms with Crippen molar-refractivity contribution in [2.24, 2.45) is 0 Å². The molecule has 136 valence electrons. The highest BCUT2D eigenvalue weighted by Gasteiger charge is 2.25. The number of aromatic nitrogens is 2. The molecule has 6 heteroatoms. The molecule has 0 radical (unpaired) electrons. The zero-order chi connectivity index (χ0) is 19.0. The zero-order valence-corrected chi connectivity index (χ0v) is 16.2. The Balaban J connectivity index is 1.80. The van der Waals surface area contributed by atoms with Crippen LogP contribution in [0.5, 0.6) is 0 Å². The number of amides is 1. The predicted molar refractivity (Wildman–Crippen MR) is 107 cm³/mol. The first kappa shape index (κ1) is 17.4. The molecule has 0 bridgehead atoms. The molecule has 1 amide bonds. The van der Waals surface area contributed by atoms with Crippen LogP contribution >= 0.6 is 11.3 Å². The summed E-state index contributed by atoms with van der Waals surface area (Å²) in [5.74, 6) is 1.20.